The average Bonchev–Trinajstić information content (AvgIpc) is 3.28. The zero-order valence-corrected chi connectivity index (χ0v) is 22.9. The highest BCUT2D eigenvalue weighted by Gasteiger charge is 2.57. The van der Waals surface area contributed by atoms with Crippen LogP contribution in [0.25, 0.3) is 5.57 Å². The lowest BCUT2D eigenvalue weighted by Crippen LogP contribution is -2.50. The van der Waals surface area contributed by atoms with Gasteiger partial charge in [0, 0.05) is 18.8 Å². The van der Waals surface area contributed by atoms with Gasteiger partial charge in [0.2, 0.25) is 0 Å². The minimum atomic E-state index is 0.0535. The van der Waals surface area contributed by atoms with Crippen LogP contribution in [-0.2, 0) is 9.53 Å². The third kappa shape index (κ3) is 4.38. The van der Waals surface area contributed by atoms with Crippen molar-refractivity contribution in [2.75, 3.05) is 13.1 Å². The molecule has 6 atom stereocenters. The molecule has 0 spiro atoms. The molecule has 0 amide bonds. The van der Waals surface area contributed by atoms with Gasteiger partial charge in [0.1, 0.15) is 6.10 Å². The first-order valence-electron chi connectivity index (χ1n) is 14.7. The summed E-state index contributed by atoms with van der Waals surface area (Å²) in [4.78, 5) is 17.2. The Balaban J connectivity index is 0.00000130. The molecule has 4 nitrogen and oxygen atoms in total. The SMILES string of the molecule is CC.CC12CCC(OC(=O)C3CCNCC3)CC1=CCC1C2CCC2(C)C(c3cccnc3)=CCC12. The van der Waals surface area contributed by atoms with E-state index in [1.54, 1.807) is 5.57 Å². The van der Waals surface area contributed by atoms with Crippen molar-refractivity contribution in [1.82, 2.24) is 10.3 Å². The Labute approximate surface area is 218 Å². The summed E-state index contributed by atoms with van der Waals surface area (Å²) in [5.74, 6) is 2.39. The Bertz CT molecular complexity index is 995. The molecule has 0 bridgehead atoms. The molecule has 2 saturated carbocycles. The van der Waals surface area contributed by atoms with Gasteiger partial charge < -0.3 is 10.1 Å². The predicted molar refractivity (Wildman–Crippen MR) is 146 cm³/mol. The number of carbonyl (C=O) groups excluding carboxylic acids is 1. The monoisotopic (exact) mass is 490 g/mol. The number of nitrogens with one attached hydrogen (secondary N) is 1. The molecule has 4 heteroatoms. The molecular weight excluding hydrogens is 444 g/mol. The molecule has 6 unspecified atom stereocenters. The Hall–Kier alpha value is -1.94. The highest BCUT2D eigenvalue weighted by molar-refractivity contribution is 5.73. The summed E-state index contributed by atoms with van der Waals surface area (Å²) in [7, 11) is 0. The van der Waals surface area contributed by atoms with Crippen molar-refractivity contribution < 1.29 is 9.53 Å². The Morgan fingerprint density at radius 2 is 1.78 bits per heavy atom. The van der Waals surface area contributed by atoms with Crippen LogP contribution in [0.1, 0.15) is 91.0 Å². The van der Waals surface area contributed by atoms with Crippen LogP contribution < -0.4 is 5.32 Å². The molecule has 5 aliphatic rings. The molecule has 1 saturated heterocycles. The Morgan fingerprint density at radius 1 is 1.00 bits per heavy atom. The highest BCUT2D eigenvalue weighted by Crippen LogP contribution is 2.66. The van der Waals surface area contributed by atoms with Gasteiger partial charge in [-0.15, -0.1) is 0 Å². The maximum Gasteiger partial charge on any atom is 0.309 e. The van der Waals surface area contributed by atoms with Crippen LogP contribution in [0, 0.1) is 34.5 Å². The number of piperidine rings is 1. The molecule has 6 rings (SSSR count). The number of aromatic nitrogens is 1. The smallest absolute Gasteiger partial charge is 0.309 e. The number of ether oxygens (including phenoxy) is 1. The van der Waals surface area contributed by atoms with E-state index >= 15 is 0 Å². The van der Waals surface area contributed by atoms with E-state index < -0.39 is 0 Å². The highest BCUT2D eigenvalue weighted by atomic mass is 16.5. The van der Waals surface area contributed by atoms with E-state index in [0.717, 1.165) is 62.9 Å². The number of allylic oxidation sites excluding steroid dienone is 3. The van der Waals surface area contributed by atoms with Crippen LogP contribution in [0.15, 0.2) is 42.3 Å². The second-order valence-corrected chi connectivity index (χ2v) is 12.1. The maximum absolute atomic E-state index is 12.8. The zero-order valence-electron chi connectivity index (χ0n) is 22.9. The van der Waals surface area contributed by atoms with Crippen LogP contribution in [-0.4, -0.2) is 30.1 Å². The fourth-order valence-electron chi connectivity index (χ4n) is 8.58. The maximum atomic E-state index is 12.8. The van der Waals surface area contributed by atoms with E-state index in [0.29, 0.717) is 0 Å². The van der Waals surface area contributed by atoms with Crippen molar-refractivity contribution in [2.24, 2.45) is 34.5 Å². The van der Waals surface area contributed by atoms with Crippen LogP contribution in [0.5, 0.6) is 0 Å². The summed E-state index contributed by atoms with van der Waals surface area (Å²) < 4.78 is 6.09. The van der Waals surface area contributed by atoms with Crippen molar-refractivity contribution in [1.29, 1.82) is 0 Å². The molecule has 36 heavy (non-hydrogen) atoms. The summed E-state index contributed by atoms with van der Waals surface area (Å²) in [6, 6.07) is 4.32. The standard InChI is InChI=1S/C30H40N2O2.C2H6/c1-29-13-9-23(34-28(33)20-11-16-31-17-12-20)18-22(29)5-6-24-26-8-7-25(21-4-3-15-32-19-21)30(26,2)14-10-27(24)29;1-2/h3-5,7,15,19-20,23-24,26-27,31H,6,8-14,16-18H2,1-2H3;1-2H3. The van der Waals surface area contributed by atoms with Crippen molar-refractivity contribution >= 4 is 11.5 Å². The first kappa shape index (κ1) is 25.7. The van der Waals surface area contributed by atoms with Gasteiger partial charge in [-0.05, 0) is 110 Å². The molecule has 0 radical (unpaired) electrons. The number of esters is 1. The van der Waals surface area contributed by atoms with Gasteiger partial charge in [0.25, 0.3) is 0 Å². The number of fused-ring (bicyclic) bond motifs is 5. The molecular formula is C32H46N2O2. The first-order chi connectivity index (χ1) is 17.5. The molecule has 2 heterocycles. The number of pyridine rings is 1. The second kappa shape index (κ2) is 10.4. The number of rotatable bonds is 3. The topological polar surface area (TPSA) is 51.2 Å². The Kier molecular flexibility index (Phi) is 7.45. The zero-order chi connectivity index (χ0) is 25.3. The van der Waals surface area contributed by atoms with Crippen LogP contribution in [0.3, 0.4) is 0 Å². The molecule has 1 aromatic heterocycles. The van der Waals surface area contributed by atoms with Crippen molar-refractivity contribution in [2.45, 2.75) is 91.6 Å². The van der Waals surface area contributed by atoms with Gasteiger partial charge in [0.15, 0.2) is 0 Å². The third-order valence-electron chi connectivity index (χ3n) is 10.6. The van der Waals surface area contributed by atoms with Crippen LogP contribution in [0.4, 0.5) is 0 Å². The molecule has 196 valence electrons. The molecule has 1 aliphatic heterocycles. The molecule has 0 aromatic carbocycles. The van der Waals surface area contributed by atoms with Crippen molar-refractivity contribution in [3.63, 3.8) is 0 Å². The number of hydrogen-bond donors (Lipinski definition) is 1. The largest absolute Gasteiger partial charge is 0.462 e. The van der Waals surface area contributed by atoms with E-state index in [4.69, 9.17) is 4.74 Å². The van der Waals surface area contributed by atoms with Crippen molar-refractivity contribution in [3.8, 4) is 0 Å². The van der Waals surface area contributed by atoms with Gasteiger partial charge in [-0.2, -0.15) is 0 Å². The summed E-state index contributed by atoms with van der Waals surface area (Å²) >= 11 is 0. The fourth-order valence-corrected chi connectivity index (χ4v) is 8.58. The minimum Gasteiger partial charge on any atom is -0.462 e. The fraction of sp³-hybridized carbons (Fsp3) is 0.688. The summed E-state index contributed by atoms with van der Waals surface area (Å²) in [6.45, 7) is 10.9. The minimum absolute atomic E-state index is 0.0535. The van der Waals surface area contributed by atoms with Gasteiger partial charge >= 0.3 is 5.97 Å². The number of carbonyl (C=O) groups is 1. The van der Waals surface area contributed by atoms with E-state index in [9.17, 15) is 4.79 Å². The van der Waals surface area contributed by atoms with E-state index in [1.165, 1.54) is 36.8 Å². The lowest BCUT2D eigenvalue weighted by molar-refractivity contribution is -0.157. The van der Waals surface area contributed by atoms with Gasteiger partial charge in [-0.3, -0.25) is 9.78 Å². The number of nitrogens with zero attached hydrogens (tertiary/aromatic N) is 1. The van der Waals surface area contributed by atoms with Crippen molar-refractivity contribution in [3.05, 3.63) is 47.8 Å². The summed E-state index contributed by atoms with van der Waals surface area (Å²) in [6.07, 6.45) is 19.1. The van der Waals surface area contributed by atoms with Gasteiger partial charge in [-0.1, -0.05) is 51.5 Å². The molecule has 1 aromatic rings. The van der Waals surface area contributed by atoms with Gasteiger partial charge in [-0.25, -0.2) is 0 Å². The van der Waals surface area contributed by atoms with Crippen LogP contribution >= 0.6 is 0 Å². The quantitative estimate of drug-likeness (QED) is 0.367. The first-order valence-corrected chi connectivity index (χ1v) is 14.7. The molecule has 1 N–H and O–H groups in total. The number of hydrogen-bond acceptors (Lipinski definition) is 4. The lowest BCUT2D eigenvalue weighted by Gasteiger charge is -2.58. The summed E-state index contributed by atoms with van der Waals surface area (Å²) in [5, 5.41) is 3.35. The van der Waals surface area contributed by atoms with Gasteiger partial charge in [0.05, 0.1) is 5.92 Å². The predicted octanol–water partition coefficient (Wildman–Crippen LogP) is 6.98. The summed E-state index contributed by atoms with van der Waals surface area (Å²) in [5.41, 5.74) is 5.00. The average molecular weight is 491 g/mol. The second-order valence-electron chi connectivity index (χ2n) is 12.1. The van der Waals surface area contributed by atoms with E-state index in [1.807, 2.05) is 20.0 Å². The van der Waals surface area contributed by atoms with E-state index in [2.05, 4.69) is 54.6 Å². The normalized spacial score (nSPS) is 37.8. The molecule has 4 aliphatic carbocycles. The third-order valence-corrected chi connectivity index (χ3v) is 10.6. The van der Waals surface area contributed by atoms with E-state index in [-0.39, 0.29) is 28.8 Å². The Morgan fingerprint density at radius 3 is 2.53 bits per heavy atom. The lowest BCUT2D eigenvalue weighted by atomic mass is 9.47. The molecule has 3 fully saturated rings. The van der Waals surface area contributed by atoms with Crippen LogP contribution in [0.2, 0.25) is 0 Å².